The van der Waals surface area contributed by atoms with Gasteiger partial charge in [0.05, 0.1) is 10.6 Å². The van der Waals surface area contributed by atoms with Crippen molar-refractivity contribution in [3.8, 4) is 0 Å². The zero-order valence-corrected chi connectivity index (χ0v) is 13.9. The summed E-state index contributed by atoms with van der Waals surface area (Å²) in [7, 11) is -4.06. The average Bonchev–Trinajstić information content (AvgIpc) is 2.37. The van der Waals surface area contributed by atoms with Crippen molar-refractivity contribution in [2.75, 3.05) is 19.6 Å². The van der Waals surface area contributed by atoms with Crippen LogP contribution in [0.5, 0.6) is 0 Å². The number of sulfonamides is 1. The summed E-state index contributed by atoms with van der Waals surface area (Å²) in [6.07, 6.45) is -4.62. The van der Waals surface area contributed by atoms with Crippen molar-refractivity contribution in [1.29, 1.82) is 0 Å². The van der Waals surface area contributed by atoms with Crippen LogP contribution in [0.1, 0.15) is 12.5 Å². The van der Waals surface area contributed by atoms with Crippen LogP contribution in [0, 0.1) is 0 Å². The van der Waals surface area contributed by atoms with Crippen LogP contribution in [0.4, 0.5) is 13.2 Å². The Morgan fingerprint density at radius 3 is 2.55 bits per heavy atom. The fourth-order valence-corrected chi connectivity index (χ4v) is 4.32. The fourth-order valence-electron chi connectivity index (χ4n) is 2.18. The van der Waals surface area contributed by atoms with Crippen LogP contribution >= 0.6 is 24.0 Å². The molecule has 4 nitrogen and oxygen atoms in total. The van der Waals surface area contributed by atoms with Gasteiger partial charge in [-0.25, -0.2) is 8.42 Å². The first-order valence-electron chi connectivity index (χ1n) is 6.23. The molecule has 0 aliphatic carbocycles. The Kier molecular flexibility index (Phi) is 6.14. The lowest BCUT2D eigenvalue weighted by atomic mass is 10.2. The Morgan fingerprint density at radius 1 is 1.36 bits per heavy atom. The third kappa shape index (κ3) is 3.86. The zero-order valence-electron chi connectivity index (χ0n) is 11.5. The van der Waals surface area contributed by atoms with Crippen LogP contribution < -0.4 is 5.32 Å². The number of nitrogens with one attached hydrogen (secondary N) is 1. The summed E-state index contributed by atoms with van der Waals surface area (Å²) in [6.45, 7) is 2.76. The molecule has 0 aromatic heterocycles. The van der Waals surface area contributed by atoms with Crippen molar-refractivity contribution in [3.63, 3.8) is 0 Å². The van der Waals surface area contributed by atoms with Crippen LogP contribution in [0.2, 0.25) is 5.02 Å². The van der Waals surface area contributed by atoms with Gasteiger partial charge in [-0.05, 0) is 25.1 Å². The van der Waals surface area contributed by atoms with Gasteiger partial charge >= 0.3 is 6.18 Å². The lowest BCUT2D eigenvalue weighted by Crippen LogP contribution is -2.52. The van der Waals surface area contributed by atoms with Gasteiger partial charge in [-0.2, -0.15) is 17.5 Å². The molecule has 2 rings (SSSR count). The van der Waals surface area contributed by atoms with Crippen molar-refractivity contribution in [2.45, 2.75) is 24.0 Å². The van der Waals surface area contributed by atoms with E-state index in [1.807, 2.05) is 0 Å². The number of hydrogen-bond donors (Lipinski definition) is 1. The minimum atomic E-state index is -4.62. The summed E-state index contributed by atoms with van der Waals surface area (Å²) < 4.78 is 64.5. The first kappa shape index (κ1) is 19.5. The Balaban J connectivity index is 0.00000242. The van der Waals surface area contributed by atoms with Crippen LogP contribution in [0.25, 0.3) is 0 Å². The van der Waals surface area contributed by atoms with Gasteiger partial charge < -0.3 is 5.32 Å². The number of benzene rings is 1. The SMILES string of the molecule is C[C@H]1CNCCN1S(=O)(=O)c1cc(C(F)(F)F)ccc1Cl.Cl. The number of piperazine rings is 1. The Morgan fingerprint density at radius 2 is 2.00 bits per heavy atom. The molecule has 0 amide bonds. The molecule has 126 valence electrons. The van der Waals surface area contributed by atoms with E-state index in [4.69, 9.17) is 11.6 Å². The number of hydrogen-bond acceptors (Lipinski definition) is 3. The van der Waals surface area contributed by atoms with E-state index in [9.17, 15) is 21.6 Å². The van der Waals surface area contributed by atoms with Gasteiger partial charge in [0.1, 0.15) is 4.90 Å². The molecule has 1 fully saturated rings. The van der Waals surface area contributed by atoms with Crippen molar-refractivity contribution >= 4 is 34.0 Å². The summed E-state index contributed by atoms with van der Waals surface area (Å²) in [5.41, 5.74) is -1.03. The minimum absolute atomic E-state index is 0. The first-order chi connectivity index (χ1) is 9.64. The molecular formula is C12H15Cl2F3N2O2S. The second-order valence-corrected chi connectivity index (χ2v) is 7.08. The smallest absolute Gasteiger partial charge is 0.314 e. The van der Waals surface area contributed by atoms with Crippen LogP contribution in [-0.2, 0) is 16.2 Å². The molecule has 0 radical (unpaired) electrons. The first-order valence-corrected chi connectivity index (χ1v) is 8.05. The van der Waals surface area contributed by atoms with Crippen molar-refractivity contribution in [2.24, 2.45) is 0 Å². The number of halogens is 5. The van der Waals surface area contributed by atoms with Gasteiger partial charge in [-0.1, -0.05) is 11.6 Å². The number of alkyl halides is 3. The second-order valence-electron chi connectivity index (χ2n) is 4.81. The van der Waals surface area contributed by atoms with Gasteiger partial charge in [0.25, 0.3) is 0 Å². The highest BCUT2D eigenvalue weighted by Gasteiger charge is 2.36. The van der Waals surface area contributed by atoms with Crippen LogP contribution in [0.15, 0.2) is 23.1 Å². The number of nitrogens with zero attached hydrogens (tertiary/aromatic N) is 1. The van der Waals surface area contributed by atoms with Gasteiger partial charge in [0.2, 0.25) is 10.0 Å². The van der Waals surface area contributed by atoms with Gasteiger partial charge in [-0.3, -0.25) is 0 Å². The highest BCUT2D eigenvalue weighted by Crippen LogP contribution is 2.34. The summed E-state index contributed by atoms with van der Waals surface area (Å²) in [5.74, 6) is 0. The maximum absolute atomic E-state index is 12.7. The van der Waals surface area contributed by atoms with E-state index in [1.54, 1.807) is 6.92 Å². The van der Waals surface area contributed by atoms with Gasteiger partial charge in [0.15, 0.2) is 0 Å². The van der Waals surface area contributed by atoms with E-state index in [-0.39, 0.29) is 30.0 Å². The molecular weight excluding hydrogens is 364 g/mol. The maximum Gasteiger partial charge on any atom is 0.416 e. The largest absolute Gasteiger partial charge is 0.416 e. The molecule has 1 heterocycles. The maximum atomic E-state index is 12.7. The zero-order chi connectivity index (χ0) is 15.8. The van der Waals surface area contributed by atoms with E-state index < -0.39 is 26.7 Å². The summed E-state index contributed by atoms with van der Waals surface area (Å²) >= 11 is 5.81. The minimum Gasteiger partial charge on any atom is -0.314 e. The molecule has 1 aromatic carbocycles. The molecule has 0 unspecified atom stereocenters. The van der Waals surface area contributed by atoms with Gasteiger partial charge in [-0.15, -0.1) is 12.4 Å². The molecule has 1 atom stereocenters. The lowest BCUT2D eigenvalue weighted by molar-refractivity contribution is -0.137. The van der Waals surface area contributed by atoms with Crippen molar-refractivity contribution in [1.82, 2.24) is 9.62 Å². The molecule has 0 bridgehead atoms. The molecule has 1 saturated heterocycles. The molecule has 1 aliphatic heterocycles. The highest BCUT2D eigenvalue weighted by molar-refractivity contribution is 7.89. The molecule has 1 aliphatic rings. The summed E-state index contributed by atoms with van der Waals surface area (Å²) in [6, 6.07) is 1.97. The predicted molar refractivity (Wildman–Crippen MR) is 79.9 cm³/mol. The monoisotopic (exact) mass is 378 g/mol. The third-order valence-corrected chi connectivity index (χ3v) is 5.78. The predicted octanol–water partition coefficient (Wildman–Crippen LogP) is 2.76. The second kappa shape index (κ2) is 6.92. The summed E-state index contributed by atoms with van der Waals surface area (Å²) in [4.78, 5) is -0.507. The van der Waals surface area contributed by atoms with Crippen molar-refractivity contribution < 1.29 is 21.6 Å². The number of rotatable bonds is 2. The Bertz CT molecular complexity index is 638. The Labute approximate surface area is 138 Å². The normalized spacial score (nSPS) is 20.5. The third-order valence-electron chi connectivity index (χ3n) is 3.29. The Hall–Kier alpha value is -0.540. The molecule has 0 saturated carbocycles. The van der Waals surface area contributed by atoms with Gasteiger partial charge in [0, 0.05) is 25.7 Å². The van der Waals surface area contributed by atoms with Crippen LogP contribution in [-0.4, -0.2) is 38.4 Å². The molecule has 1 aromatic rings. The standard InChI is InChI=1S/C12H14ClF3N2O2S.ClH/c1-8-7-17-4-5-18(8)21(19,20)11-6-9(12(14,15)16)2-3-10(11)13;/h2-3,6,8,17H,4-5,7H2,1H3;1H/t8-;/m0./s1. The topological polar surface area (TPSA) is 49.4 Å². The fraction of sp³-hybridized carbons (Fsp3) is 0.500. The molecule has 22 heavy (non-hydrogen) atoms. The molecule has 0 spiro atoms. The van der Waals surface area contributed by atoms with E-state index >= 15 is 0 Å². The average molecular weight is 379 g/mol. The molecule has 10 heteroatoms. The van der Waals surface area contributed by atoms with Crippen LogP contribution in [0.3, 0.4) is 0 Å². The quantitative estimate of drug-likeness (QED) is 0.860. The van der Waals surface area contributed by atoms with Crippen molar-refractivity contribution in [3.05, 3.63) is 28.8 Å². The summed E-state index contributed by atoms with van der Waals surface area (Å²) in [5, 5.41) is 2.81. The van der Waals surface area contributed by atoms with E-state index in [1.165, 1.54) is 4.31 Å². The van der Waals surface area contributed by atoms with E-state index in [0.717, 1.165) is 12.1 Å². The lowest BCUT2D eigenvalue weighted by Gasteiger charge is -2.33. The highest BCUT2D eigenvalue weighted by atomic mass is 35.5. The van der Waals surface area contributed by atoms with E-state index in [2.05, 4.69) is 5.32 Å². The molecule has 1 N–H and O–H groups in total. The van der Waals surface area contributed by atoms with E-state index in [0.29, 0.717) is 19.2 Å².